The largest absolute Gasteiger partial charge is 0.323 e. The molecule has 0 bridgehead atoms. The van der Waals surface area contributed by atoms with Crippen molar-refractivity contribution in [2.24, 2.45) is 5.73 Å². The Morgan fingerprint density at radius 2 is 2.06 bits per heavy atom. The molecule has 0 aliphatic heterocycles. The lowest BCUT2D eigenvalue weighted by Crippen LogP contribution is -2.14. The number of aromatic nitrogens is 2. The molecule has 0 saturated heterocycles. The number of nitrogens with zero attached hydrogens (tertiary/aromatic N) is 2. The average molecular weight is 265 g/mol. The summed E-state index contributed by atoms with van der Waals surface area (Å²) in [6.07, 6.45) is 2.62. The first-order valence-electron chi connectivity index (χ1n) is 6.02. The van der Waals surface area contributed by atoms with E-state index < -0.39 is 0 Å². The first-order valence-corrected chi connectivity index (χ1v) is 6.79. The van der Waals surface area contributed by atoms with Crippen LogP contribution in [-0.2, 0) is 12.8 Å². The third-order valence-corrected chi connectivity index (χ3v) is 3.68. The minimum atomic E-state index is -0.224. The van der Waals surface area contributed by atoms with Crippen molar-refractivity contribution in [1.82, 2.24) is 9.59 Å². The van der Waals surface area contributed by atoms with Gasteiger partial charge in [-0.05, 0) is 42.1 Å². The van der Waals surface area contributed by atoms with Crippen LogP contribution in [0.1, 0.15) is 35.5 Å². The minimum Gasteiger partial charge on any atom is -0.323 e. The molecule has 3 nitrogen and oxygen atoms in total. The summed E-state index contributed by atoms with van der Waals surface area (Å²) < 4.78 is 16.8. The van der Waals surface area contributed by atoms with Crippen LogP contribution in [0, 0.1) is 5.82 Å². The molecule has 0 amide bonds. The lowest BCUT2D eigenvalue weighted by molar-refractivity contribution is 0.625. The molecule has 2 rings (SSSR count). The van der Waals surface area contributed by atoms with Crippen LogP contribution in [0.5, 0.6) is 0 Å². The molecule has 1 aromatic heterocycles. The van der Waals surface area contributed by atoms with E-state index in [0.717, 1.165) is 29.0 Å². The molecule has 1 unspecified atom stereocenters. The van der Waals surface area contributed by atoms with E-state index in [1.165, 1.54) is 23.7 Å². The van der Waals surface area contributed by atoms with Crippen molar-refractivity contribution in [3.8, 4) is 0 Å². The van der Waals surface area contributed by atoms with Crippen LogP contribution >= 0.6 is 11.5 Å². The summed E-state index contributed by atoms with van der Waals surface area (Å²) >= 11 is 1.36. The molecule has 1 heterocycles. The van der Waals surface area contributed by atoms with Crippen LogP contribution in [0.25, 0.3) is 0 Å². The van der Waals surface area contributed by atoms with Gasteiger partial charge in [-0.2, -0.15) is 0 Å². The lowest BCUT2D eigenvalue weighted by Gasteiger charge is -2.10. The maximum Gasteiger partial charge on any atom is 0.123 e. The summed E-state index contributed by atoms with van der Waals surface area (Å²) in [6, 6.07) is 6.34. The molecule has 0 fully saturated rings. The highest BCUT2D eigenvalue weighted by molar-refractivity contribution is 7.05. The van der Waals surface area contributed by atoms with Gasteiger partial charge in [0.15, 0.2) is 0 Å². The molecule has 0 aliphatic carbocycles. The van der Waals surface area contributed by atoms with E-state index in [9.17, 15) is 4.39 Å². The molecule has 5 heteroatoms. The Balaban J connectivity index is 2.09. The SMILES string of the molecule is CCCc1nnsc1C(N)Cc1ccc(F)cc1. The highest BCUT2D eigenvalue weighted by Gasteiger charge is 2.15. The van der Waals surface area contributed by atoms with Gasteiger partial charge < -0.3 is 5.73 Å². The Bertz CT molecular complexity index is 495. The summed E-state index contributed by atoms with van der Waals surface area (Å²) in [5.74, 6) is -0.224. The van der Waals surface area contributed by atoms with Crippen LogP contribution < -0.4 is 5.73 Å². The van der Waals surface area contributed by atoms with E-state index in [0.29, 0.717) is 6.42 Å². The van der Waals surface area contributed by atoms with Crippen LogP contribution in [0.2, 0.25) is 0 Å². The fourth-order valence-electron chi connectivity index (χ4n) is 1.87. The standard InChI is InChI=1S/C13H16FN3S/c1-2-3-12-13(18-17-16-12)11(15)8-9-4-6-10(14)7-5-9/h4-7,11H,2-3,8,15H2,1H3. The fourth-order valence-corrected chi connectivity index (χ4v) is 2.57. The third kappa shape index (κ3) is 3.11. The second-order valence-electron chi connectivity index (χ2n) is 4.27. The van der Waals surface area contributed by atoms with Gasteiger partial charge in [-0.3, -0.25) is 0 Å². The van der Waals surface area contributed by atoms with Gasteiger partial charge >= 0.3 is 0 Å². The van der Waals surface area contributed by atoms with Gasteiger partial charge in [0.2, 0.25) is 0 Å². The average Bonchev–Trinajstić information content (AvgIpc) is 2.81. The fraction of sp³-hybridized carbons (Fsp3) is 0.385. The van der Waals surface area contributed by atoms with Crippen LogP contribution in [0.4, 0.5) is 4.39 Å². The zero-order valence-corrected chi connectivity index (χ0v) is 11.1. The van der Waals surface area contributed by atoms with Gasteiger partial charge in [-0.25, -0.2) is 4.39 Å². The van der Waals surface area contributed by atoms with Gasteiger partial charge in [-0.15, -0.1) is 5.10 Å². The number of halogens is 1. The van der Waals surface area contributed by atoms with Gasteiger partial charge in [0.05, 0.1) is 10.6 Å². The van der Waals surface area contributed by atoms with Crippen molar-refractivity contribution in [2.45, 2.75) is 32.2 Å². The van der Waals surface area contributed by atoms with E-state index in [1.807, 2.05) is 0 Å². The molecule has 0 spiro atoms. The first kappa shape index (κ1) is 13.1. The minimum absolute atomic E-state index is 0.114. The molecular weight excluding hydrogens is 249 g/mol. The normalized spacial score (nSPS) is 12.6. The summed E-state index contributed by atoms with van der Waals surface area (Å²) in [5, 5.41) is 4.11. The Hall–Kier alpha value is -1.33. The molecule has 1 aromatic carbocycles. The van der Waals surface area contributed by atoms with Crippen molar-refractivity contribution in [1.29, 1.82) is 0 Å². The third-order valence-electron chi connectivity index (χ3n) is 2.78. The Morgan fingerprint density at radius 3 is 2.72 bits per heavy atom. The first-order chi connectivity index (χ1) is 8.70. The Morgan fingerprint density at radius 1 is 1.33 bits per heavy atom. The van der Waals surface area contributed by atoms with Crippen LogP contribution in [0.15, 0.2) is 24.3 Å². The number of aryl methyl sites for hydroxylation is 1. The second-order valence-corrected chi connectivity index (χ2v) is 5.06. The molecule has 1 atom stereocenters. The van der Waals surface area contributed by atoms with E-state index >= 15 is 0 Å². The van der Waals surface area contributed by atoms with Crippen LogP contribution in [0.3, 0.4) is 0 Å². The van der Waals surface area contributed by atoms with Crippen molar-refractivity contribution >= 4 is 11.5 Å². The predicted octanol–water partition coefficient (Wildman–Crippen LogP) is 2.87. The maximum absolute atomic E-state index is 12.8. The molecule has 96 valence electrons. The van der Waals surface area contributed by atoms with E-state index in [1.54, 1.807) is 12.1 Å². The van der Waals surface area contributed by atoms with E-state index in [-0.39, 0.29) is 11.9 Å². The van der Waals surface area contributed by atoms with Gasteiger partial charge in [0, 0.05) is 6.04 Å². The maximum atomic E-state index is 12.8. The van der Waals surface area contributed by atoms with E-state index in [2.05, 4.69) is 16.5 Å². The summed E-state index contributed by atoms with van der Waals surface area (Å²) in [4.78, 5) is 1.04. The number of benzene rings is 1. The predicted molar refractivity (Wildman–Crippen MR) is 70.9 cm³/mol. The Labute approximate surface area is 110 Å². The molecule has 0 radical (unpaired) electrons. The molecule has 18 heavy (non-hydrogen) atoms. The van der Waals surface area contributed by atoms with Gasteiger partial charge in [0.25, 0.3) is 0 Å². The van der Waals surface area contributed by atoms with Crippen molar-refractivity contribution in [3.63, 3.8) is 0 Å². The highest BCUT2D eigenvalue weighted by atomic mass is 32.1. The summed E-state index contributed by atoms with van der Waals surface area (Å²) in [7, 11) is 0. The van der Waals surface area contributed by atoms with Gasteiger partial charge in [0.1, 0.15) is 5.82 Å². The molecule has 2 N–H and O–H groups in total. The highest BCUT2D eigenvalue weighted by Crippen LogP contribution is 2.23. The lowest BCUT2D eigenvalue weighted by atomic mass is 10.0. The van der Waals surface area contributed by atoms with E-state index in [4.69, 9.17) is 5.73 Å². The zero-order valence-electron chi connectivity index (χ0n) is 10.3. The molecule has 0 saturated carbocycles. The zero-order chi connectivity index (χ0) is 13.0. The summed E-state index contributed by atoms with van der Waals surface area (Å²) in [6.45, 7) is 2.11. The quantitative estimate of drug-likeness (QED) is 0.904. The number of hydrogen-bond acceptors (Lipinski definition) is 4. The van der Waals surface area contributed by atoms with Gasteiger partial charge in [-0.1, -0.05) is 30.0 Å². The van der Waals surface area contributed by atoms with Crippen molar-refractivity contribution in [2.75, 3.05) is 0 Å². The summed E-state index contributed by atoms with van der Waals surface area (Å²) in [5.41, 5.74) is 8.20. The topological polar surface area (TPSA) is 51.8 Å². The number of rotatable bonds is 5. The number of nitrogens with two attached hydrogens (primary N) is 1. The van der Waals surface area contributed by atoms with Crippen LogP contribution in [-0.4, -0.2) is 9.59 Å². The molecule has 0 aliphatic rings. The number of hydrogen-bond donors (Lipinski definition) is 1. The smallest absolute Gasteiger partial charge is 0.123 e. The Kier molecular flexibility index (Phi) is 4.38. The molecular formula is C13H16FN3S. The molecule has 2 aromatic rings. The monoisotopic (exact) mass is 265 g/mol. The van der Waals surface area contributed by atoms with Crippen molar-refractivity contribution in [3.05, 3.63) is 46.2 Å². The van der Waals surface area contributed by atoms with Crippen molar-refractivity contribution < 1.29 is 4.39 Å². The second kappa shape index (κ2) is 6.02.